The number of amides is 1. The number of nitrogens with one attached hydrogen (secondary N) is 1. The van der Waals surface area contributed by atoms with Crippen LogP contribution in [0.4, 0.5) is 10.6 Å². The second-order valence-corrected chi connectivity index (χ2v) is 2.54. The van der Waals surface area contributed by atoms with Crippen molar-refractivity contribution in [3.63, 3.8) is 0 Å². The minimum absolute atomic E-state index is 0.227. The van der Waals surface area contributed by atoms with Crippen molar-refractivity contribution in [3.8, 4) is 0 Å². The average molecular weight is 210 g/mol. The van der Waals surface area contributed by atoms with Crippen molar-refractivity contribution in [3.05, 3.63) is 23.9 Å². The molecule has 0 saturated carbocycles. The van der Waals surface area contributed by atoms with Gasteiger partial charge in [-0.15, -0.1) is 0 Å². The van der Waals surface area contributed by atoms with E-state index in [0.717, 1.165) is 0 Å². The van der Waals surface area contributed by atoms with Crippen molar-refractivity contribution in [2.45, 2.75) is 0 Å². The first-order valence-corrected chi connectivity index (χ1v) is 4.06. The molecule has 80 valence electrons. The highest BCUT2D eigenvalue weighted by atomic mass is 16.5. The van der Waals surface area contributed by atoms with Crippen LogP contribution in [0, 0.1) is 0 Å². The summed E-state index contributed by atoms with van der Waals surface area (Å²) in [7, 11) is 2.51. The summed E-state index contributed by atoms with van der Waals surface area (Å²) in [4.78, 5) is 25.8. The molecule has 0 fully saturated rings. The molecule has 1 heterocycles. The Morgan fingerprint density at radius 2 is 2.07 bits per heavy atom. The first-order chi connectivity index (χ1) is 7.17. The summed E-state index contributed by atoms with van der Waals surface area (Å²) in [5.41, 5.74) is 0.305. The maximum atomic E-state index is 11.1. The zero-order valence-electron chi connectivity index (χ0n) is 8.31. The summed E-state index contributed by atoms with van der Waals surface area (Å²) in [5.74, 6) is -0.268. The molecule has 0 aliphatic heterocycles. The van der Waals surface area contributed by atoms with E-state index in [4.69, 9.17) is 0 Å². The number of carbonyl (C=O) groups is 2. The summed E-state index contributed by atoms with van der Waals surface area (Å²) in [6.07, 6.45) is 0.738. The highest BCUT2D eigenvalue weighted by Crippen LogP contribution is 2.07. The average Bonchev–Trinajstić information content (AvgIpc) is 2.28. The van der Waals surface area contributed by atoms with E-state index < -0.39 is 12.1 Å². The minimum atomic E-state index is -0.649. The maximum Gasteiger partial charge on any atom is 0.412 e. The van der Waals surface area contributed by atoms with E-state index in [1.165, 1.54) is 32.5 Å². The summed E-state index contributed by atoms with van der Waals surface area (Å²) in [6, 6.07) is 2.87. The van der Waals surface area contributed by atoms with Gasteiger partial charge in [-0.05, 0) is 12.1 Å². The van der Waals surface area contributed by atoms with Crippen LogP contribution in [0.25, 0.3) is 0 Å². The predicted octanol–water partition coefficient (Wildman–Crippen LogP) is 1.05. The lowest BCUT2D eigenvalue weighted by atomic mass is 10.2. The van der Waals surface area contributed by atoms with Gasteiger partial charge in [-0.3, -0.25) is 5.32 Å². The van der Waals surface area contributed by atoms with Crippen LogP contribution in [0.1, 0.15) is 10.4 Å². The molecule has 6 heteroatoms. The van der Waals surface area contributed by atoms with Crippen LogP contribution in [0.5, 0.6) is 0 Å². The van der Waals surface area contributed by atoms with Gasteiger partial charge in [0, 0.05) is 6.20 Å². The fourth-order valence-corrected chi connectivity index (χ4v) is 0.899. The van der Waals surface area contributed by atoms with Gasteiger partial charge < -0.3 is 9.47 Å². The molecule has 0 saturated heterocycles. The molecular weight excluding hydrogens is 200 g/mol. The molecule has 0 unspecified atom stereocenters. The number of hydrogen-bond acceptors (Lipinski definition) is 5. The van der Waals surface area contributed by atoms with Crippen molar-refractivity contribution < 1.29 is 19.1 Å². The highest BCUT2D eigenvalue weighted by molar-refractivity contribution is 5.91. The molecule has 1 aromatic heterocycles. The number of rotatable bonds is 2. The molecule has 1 amide bonds. The van der Waals surface area contributed by atoms with E-state index in [1.54, 1.807) is 0 Å². The Morgan fingerprint density at radius 3 is 2.67 bits per heavy atom. The van der Waals surface area contributed by atoms with E-state index in [-0.39, 0.29) is 5.82 Å². The Hall–Kier alpha value is -2.11. The van der Waals surface area contributed by atoms with Gasteiger partial charge in [-0.2, -0.15) is 0 Å². The maximum absolute atomic E-state index is 11.1. The summed E-state index contributed by atoms with van der Waals surface area (Å²) >= 11 is 0. The highest BCUT2D eigenvalue weighted by Gasteiger charge is 2.08. The number of esters is 1. The molecular formula is C9H10N2O4. The molecule has 0 atom stereocenters. The number of anilines is 1. The van der Waals surface area contributed by atoms with Crippen molar-refractivity contribution in [2.75, 3.05) is 19.5 Å². The van der Waals surface area contributed by atoms with Gasteiger partial charge in [0.25, 0.3) is 0 Å². The first kappa shape index (κ1) is 11.0. The third-order valence-corrected chi connectivity index (χ3v) is 1.60. The van der Waals surface area contributed by atoms with E-state index in [9.17, 15) is 9.59 Å². The molecule has 0 bridgehead atoms. The third kappa shape index (κ3) is 2.94. The summed E-state index contributed by atoms with van der Waals surface area (Å²) in [6.45, 7) is 0. The van der Waals surface area contributed by atoms with Crippen molar-refractivity contribution in [1.82, 2.24) is 4.98 Å². The van der Waals surface area contributed by atoms with Crippen molar-refractivity contribution >= 4 is 17.9 Å². The molecule has 0 radical (unpaired) electrons. The summed E-state index contributed by atoms with van der Waals surface area (Å²) in [5, 5.41) is 2.33. The number of carbonyl (C=O) groups excluding carboxylic acids is 2. The van der Waals surface area contributed by atoms with E-state index in [1.807, 2.05) is 0 Å². The second-order valence-electron chi connectivity index (χ2n) is 2.54. The largest absolute Gasteiger partial charge is 0.465 e. The molecule has 0 spiro atoms. The molecule has 6 nitrogen and oxygen atoms in total. The number of aromatic nitrogens is 1. The topological polar surface area (TPSA) is 77.5 Å². The molecule has 1 aromatic rings. The van der Waals surface area contributed by atoms with E-state index in [0.29, 0.717) is 5.56 Å². The van der Waals surface area contributed by atoms with Gasteiger partial charge in [0.05, 0.1) is 19.8 Å². The first-order valence-electron chi connectivity index (χ1n) is 4.06. The smallest absolute Gasteiger partial charge is 0.412 e. The lowest BCUT2D eigenvalue weighted by Crippen LogP contribution is -2.13. The van der Waals surface area contributed by atoms with Crippen LogP contribution in [0.15, 0.2) is 18.3 Å². The van der Waals surface area contributed by atoms with Crippen LogP contribution in [0.3, 0.4) is 0 Å². The molecule has 0 aliphatic rings. The zero-order valence-corrected chi connectivity index (χ0v) is 8.31. The number of methoxy groups -OCH3 is 2. The SMILES string of the molecule is COC(=O)Nc1cc(C(=O)OC)ccn1. The normalized spacial score (nSPS) is 9.20. The van der Waals surface area contributed by atoms with Crippen molar-refractivity contribution in [2.24, 2.45) is 0 Å². The number of pyridine rings is 1. The lowest BCUT2D eigenvalue weighted by molar-refractivity contribution is 0.0600. The van der Waals surface area contributed by atoms with Crippen LogP contribution in [-0.2, 0) is 9.47 Å². The number of hydrogen-bond donors (Lipinski definition) is 1. The molecule has 15 heavy (non-hydrogen) atoms. The fourth-order valence-electron chi connectivity index (χ4n) is 0.899. The Morgan fingerprint density at radius 1 is 1.33 bits per heavy atom. The summed E-state index contributed by atoms with van der Waals surface area (Å²) < 4.78 is 8.89. The van der Waals surface area contributed by atoms with Crippen LogP contribution in [0.2, 0.25) is 0 Å². The van der Waals surface area contributed by atoms with Crippen LogP contribution >= 0.6 is 0 Å². The number of ether oxygens (including phenoxy) is 2. The Labute approximate surface area is 86.2 Å². The minimum Gasteiger partial charge on any atom is -0.465 e. The molecule has 0 aliphatic carbocycles. The molecule has 0 aromatic carbocycles. The number of nitrogens with zero attached hydrogens (tertiary/aromatic N) is 1. The van der Waals surface area contributed by atoms with Gasteiger partial charge in [-0.25, -0.2) is 14.6 Å². The van der Waals surface area contributed by atoms with Gasteiger partial charge in [0.1, 0.15) is 5.82 Å². The Balaban J connectivity index is 2.83. The van der Waals surface area contributed by atoms with Crippen molar-refractivity contribution in [1.29, 1.82) is 0 Å². The van der Waals surface area contributed by atoms with Crippen LogP contribution < -0.4 is 5.32 Å². The van der Waals surface area contributed by atoms with E-state index >= 15 is 0 Å². The Kier molecular flexibility index (Phi) is 3.61. The monoisotopic (exact) mass is 210 g/mol. The van der Waals surface area contributed by atoms with Gasteiger partial charge >= 0.3 is 12.1 Å². The van der Waals surface area contributed by atoms with Gasteiger partial charge in [-0.1, -0.05) is 0 Å². The zero-order chi connectivity index (χ0) is 11.3. The lowest BCUT2D eigenvalue weighted by Gasteiger charge is -2.03. The van der Waals surface area contributed by atoms with E-state index in [2.05, 4.69) is 19.8 Å². The predicted molar refractivity (Wildman–Crippen MR) is 51.6 cm³/mol. The van der Waals surface area contributed by atoms with Crippen LogP contribution in [-0.4, -0.2) is 31.3 Å². The standard InChI is InChI=1S/C9H10N2O4/c1-14-8(12)6-3-4-10-7(5-6)11-9(13)15-2/h3-5H,1-2H3,(H,10,11,13). The molecule has 1 N–H and O–H groups in total. The van der Waals surface area contributed by atoms with Gasteiger partial charge in [0.15, 0.2) is 0 Å². The fraction of sp³-hybridized carbons (Fsp3) is 0.222. The molecule has 1 rings (SSSR count). The second kappa shape index (κ2) is 4.94. The van der Waals surface area contributed by atoms with Gasteiger partial charge in [0.2, 0.25) is 0 Å². The quantitative estimate of drug-likeness (QED) is 0.738. The Bertz CT molecular complexity index is 378. The third-order valence-electron chi connectivity index (χ3n) is 1.60.